The van der Waals surface area contributed by atoms with Crippen LogP contribution in [0.4, 0.5) is 0 Å². The van der Waals surface area contributed by atoms with E-state index in [1.807, 2.05) is 12.3 Å². The van der Waals surface area contributed by atoms with Crippen molar-refractivity contribution in [1.29, 1.82) is 0 Å². The molecule has 2 atom stereocenters. The molecule has 4 aliphatic heterocycles. The maximum absolute atomic E-state index is 13.8. The Morgan fingerprint density at radius 3 is 2.34 bits per heavy atom. The molecule has 2 saturated heterocycles. The van der Waals surface area contributed by atoms with Gasteiger partial charge in [-0.1, -0.05) is 57.4 Å². The number of benzene rings is 2. The van der Waals surface area contributed by atoms with Gasteiger partial charge >= 0.3 is 0 Å². The van der Waals surface area contributed by atoms with E-state index < -0.39 is 6.04 Å². The molecule has 12 heteroatoms. The molecule has 7 rings (SSSR count). The number of likely N-dealkylation sites (N-methyl/N-ethyl adjacent to an activating group) is 1. The third kappa shape index (κ3) is 9.44. The van der Waals surface area contributed by atoms with E-state index in [-0.39, 0.29) is 42.5 Å². The summed E-state index contributed by atoms with van der Waals surface area (Å²) in [5.74, 6) is 0.614. The second-order valence-electron chi connectivity index (χ2n) is 18.6. The van der Waals surface area contributed by atoms with Gasteiger partial charge in [0.05, 0.1) is 31.9 Å². The number of hydrogen-bond donors (Lipinski definition) is 2. The standard InChI is InChI=1S/C52H71N7O5/c1-8-13-39(41-18-19-46-43(30-54-55-46)40(41)14-9-2)38(35(5)10-3)17-16-37(11-4)57-24-20-52(21-25-57)22-26-58(27-23-52)48(61)34-56-31-36-29-42-45(49(64-7)44(36)32-56)33-59(51(42)63)47(15-12-28-60)50(62)53-6/h11,16-19,28-30,39,47H,8-10,12-15,20-27,31-34H2,1-7H3,(H,53,62)(H,54,55)/b17-16-,37-11+,38-35+. The van der Waals surface area contributed by atoms with E-state index in [0.29, 0.717) is 36.9 Å². The second kappa shape index (κ2) is 20.7. The fourth-order valence-electron chi connectivity index (χ4n) is 11.1. The highest BCUT2D eigenvalue weighted by atomic mass is 16.5. The van der Waals surface area contributed by atoms with Crippen LogP contribution in [0, 0.1) is 5.41 Å². The number of aryl methyl sites for hydroxylation is 1. The highest BCUT2D eigenvalue weighted by molar-refractivity contribution is 6.02. The molecule has 0 aliphatic carbocycles. The number of aromatic amines is 1. The van der Waals surface area contributed by atoms with Crippen molar-refractivity contribution in [3.05, 3.63) is 92.8 Å². The van der Waals surface area contributed by atoms with Crippen LogP contribution >= 0.6 is 0 Å². The van der Waals surface area contributed by atoms with Gasteiger partial charge < -0.3 is 29.5 Å². The summed E-state index contributed by atoms with van der Waals surface area (Å²) in [6, 6.07) is 5.74. The molecule has 64 heavy (non-hydrogen) atoms. The number of nitrogens with one attached hydrogen (secondary N) is 2. The van der Waals surface area contributed by atoms with E-state index in [2.05, 4.69) is 95.2 Å². The fraction of sp³-hybridized carbons (Fsp3) is 0.558. The lowest BCUT2D eigenvalue weighted by molar-refractivity contribution is -0.135. The van der Waals surface area contributed by atoms with Gasteiger partial charge in [-0.2, -0.15) is 5.10 Å². The van der Waals surface area contributed by atoms with Crippen LogP contribution in [-0.2, 0) is 40.4 Å². The molecule has 1 spiro atoms. The highest BCUT2D eigenvalue weighted by Crippen LogP contribution is 2.44. The number of fused-ring (bicyclic) bond motifs is 3. The second-order valence-corrected chi connectivity index (χ2v) is 18.6. The number of carbonyl (C=O) groups is 4. The van der Waals surface area contributed by atoms with Crippen molar-refractivity contribution in [2.24, 2.45) is 5.41 Å². The Hall–Kier alpha value is -5.23. The van der Waals surface area contributed by atoms with Gasteiger partial charge in [0.15, 0.2) is 0 Å². The number of rotatable bonds is 18. The van der Waals surface area contributed by atoms with Gasteiger partial charge in [0.2, 0.25) is 11.8 Å². The number of methoxy groups -OCH3 is 1. The number of amides is 3. The number of nitrogens with zero attached hydrogens (tertiary/aromatic N) is 5. The molecular weight excluding hydrogens is 803 g/mol. The predicted molar refractivity (Wildman–Crippen MR) is 253 cm³/mol. The third-order valence-electron chi connectivity index (χ3n) is 14.9. The average molecular weight is 874 g/mol. The van der Waals surface area contributed by atoms with E-state index >= 15 is 0 Å². The molecule has 0 radical (unpaired) electrons. The van der Waals surface area contributed by atoms with Crippen LogP contribution in [0.5, 0.6) is 5.75 Å². The van der Waals surface area contributed by atoms with Crippen molar-refractivity contribution < 1.29 is 23.9 Å². The third-order valence-corrected chi connectivity index (χ3v) is 14.9. The Morgan fingerprint density at radius 2 is 1.70 bits per heavy atom. The molecule has 0 bridgehead atoms. The number of hydrogen-bond acceptors (Lipinski definition) is 8. The smallest absolute Gasteiger partial charge is 0.255 e. The fourth-order valence-corrected chi connectivity index (χ4v) is 11.1. The van der Waals surface area contributed by atoms with Crippen LogP contribution in [0.15, 0.2) is 59.5 Å². The first-order valence-corrected chi connectivity index (χ1v) is 24.0. The number of H-pyrrole nitrogens is 1. The normalized spacial score (nSPS) is 19.0. The molecule has 3 aromatic rings. The van der Waals surface area contributed by atoms with Gasteiger partial charge in [-0.25, -0.2) is 0 Å². The molecule has 2 aromatic carbocycles. The summed E-state index contributed by atoms with van der Waals surface area (Å²) in [5.41, 5.74) is 11.7. The Balaban J connectivity index is 0.947. The Bertz CT molecular complexity index is 2290. The van der Waals surface area contributed by atoms with Crippen molar-refractivity contribution in [3.8, 4) is 5.75 Å². The van der Waals surface area contributed by atoms with Crippen LogP contribution < -0.4 is 10.1 Å². The summed E-state index contributed by atoms with van der Waals surface area (Å²) in [5, 5.41) is 11.5. The molecule has 12 nitrogen and oxygen atoms in total. The minimum atomic E-state index is -0.738. The minimum absolute atomic E-state index is 0.151. The largest absolute Gasteiger partial charge is 0.496 e. The van der Waals surface area contributed by atoms with Crippen molar-refractivity contribution in [2.75, 3.05) is 46.9 Å². The summed E-state index contributed by atoms with van der Waals surface area (Å²) in [7, 11) is 3.15. The summed E-state index contributed by atoms with van der Waals surface area (Å²) in [4.78, 5) is 59.7. The number of piperidine rings is 2. The summed E-state index contributed by atoms with van der Waals surface area (Å²) in [6.45, 7) is 16.6. The lowest BCUT2D eigenvalue weighted by Crippen LogP contribution is -2.49. The van der Waals surface area contributed by atoms with E-state index in [4.69, 9.17) is 4.74 Å². The molecule has 2 N–H and O–H groups in total. The summed E-state index contributed by atoms with van der Waals surface area (Å²) < 4.78 is 5.93. The molecule has 2 unspecified atom stereocenters. The van der Waals surface area contributed by atoms with E-state index in [9.17, 15) is 19.2 Å². The molecule has 4 aliphatic rings. The van der Waals surface area contributed by atoms with Crippen molar-refractivity contribution >= 4 is 34.9 Å². The number of allylic oxidation sites excluding steroid dienone is 5. The maximum atomic E-state index is 13.8. The van der Waals surface area contributed by atoms with Crippen LogP contribution in [0.3, 0.4) is 0 Å². The van der Waals surface area contributed by atoms with Crippen LogP contribution in [0.2, 0.25) is 0 Å². The minimum Gasteiger partial charge on any atom is -0.496 e. The van der Waals surface area contributed by atoms with Gasteiger partial charge in [-0.15, -0.1) is 0 Å². The van der Waals surface area contributed by atoms with E-state index in [1.165, 1.54) is 40.4 Å². The molecule has 0 saturated carbocycles. The van der Waals surface area contributed by atoms with E-state index in [1.54, 1.807) is 12.0 Å². The number of likely N-dealkylation sites (tertiary alicyclic amines) is 2. The topological polar surface area (TPSA) is 131 Å². The number of carbonyl (C=O) groups excluding carboxylic acids is 4. The van der Waals surface area contributed by atoms with Crippen molar-refractivity contribution in [2.45, 2.75) is 137 Å². The van der Waals surface area contributed by atoms with Gasteiger partial charge in [0.25, 0.3) is 5.91 Å². The zero-order chi connectivity index (χ0) is 45.5. The van der Waals surface area contributed by atoms with Crippen LogP contribution in [0.25, 0.3) is 10.9 Å². The zero-order valence-electron chi connectivity index (χ0n) is 39.5. The van der Waals surface area contributed by atoms with Crippen molar-refractivity contribution in [1.82, 2.24) is 35.1 Å². The molecule has 1 aromatic heterocycles. The first-order valence-electron chi connectivity index (χ1n) is 24.0. The van der Waals surface area contributed by atoms with Gasteiger partial charge in [-0.3, -0.25) is 24.4 Å². The van der Waals surface area contributed by atoms with Crippen LogP contribution in [0.1, 0.15) is 143 Å². The Morgan fingerprint density at radius 1 is 0.969 bits per heavy atom. The van der Waals surface area contributed by atoms with Crippen molar-refractivity contribution in [3.63, 3.8) is 0 Å². The molecule has 3 amide bonds. The lowest BCUT2D eigenvalue weighted by atomic mass is 9.71. The molecule has 2 fully saturated rings. The van der Waals surface area contributed by atoms with Gasteiger partial charge in [0, 0.05) is 86.4 Å². The Kier molecular flexibility index (Phi) is 15.1. The Labute approximate surface area is 380 Å². The number of aldehydes is 1. The van der Waals surface area contributed by atoms with Crippen LogP contribution in [-0.4, -0.2) is 107 Å². The van der Waals surface area contributed by atoms with E-state index in [0.717, 1.165) is 112 Å². The number of ether oxygens (including phenoxy) is 1. The SMILES string of the molecule is C\C=C(/C=C\C(=C(\C)CC)C(CCC)c1ccc2[nH]ncc2c1CCC)N1CCC2(CCN(C(=O)CN3Cc4cc5c(c(OC)c4C3)CN(C(CCC=O)C(=O)NC)C5=O)CC2)CC1. The summed E-state index contributed by atoms with van der Waals surface area (Å²) >= 11 is 0. The number of aromatic nitrogens is 2. The monoisotopic (exact) mass is 874 g/mol. The maximum Gasteiger partial charge on any atom is 0.255 e. The summed E-state index contributed by atoms with van der Waals surface area (Å²) in [6.07, 6.45) is 20.0. The first-order chi connectivity index (χ1) is 31.0. The highest BCUT2D eigenvalue weighted by Gasteiger charge is 2.42. The first kappa shape index (κ1) is 46.8. The average Bonchev–Trinajstić information content (AvgIpc) is 4.04. The van der Waals surface area contributed by atoms with Gasteiger partial charge in [0.1, 0.15) is 18.1 Å². The lowest BCUT2D eigenvalue weighted by Gasteiger charge is -2.47. The molecule has 5 heterocycles. The quantitative estimate of drug-likeness (QED) is 0.0964. The molecular formula is C52H71N7O5. The zero-order valence-corrected chi connectivity index (χ0v) is 39.5. The van der Waals surface area contributed by atoms with Gasteiger partial charge in [-0.05, 0) is 111 Å². The predicted octanol–water partition coefficient (Wildman–Crippen LogP) is 8.36. The molecule has 344 valence electrons.